The first-order valence-electron chi connectivity index (χ1n) is 7.12. The molecule has 1 amide bonds. The zero-order chi connectivity index (χ0) is 14.5. The SMILES string of the molecule is CCC(CC)(CC)NC(=O)c1ccc(NC)c(C)c1. The topological polar surface area (TPSA) is 41.1 Å². The number of anilines is 1. The van der Waals surface area contributed by atoms with E-state index >= 15 is 0 Å². The van der Waals surface area contributed by atoms with Crippen LogP contribution in [0, 0.1) is 6.92 Å². The van der Waals surface area contributed by atoms with E-state index in [4.69, 9.17) is 0 Å². The molecule has 1 rings (SSSR count). The maximum Gasteiger partial charge on any atom is 0.251 e. The number of aryl methyl sites for hydroxylation is 1. The second-order valence-corrected chi connectivity index (χ2v) is 5.07. The minimum absolute atomic E-state index is 0.0244. The van der Waals surface area contributed by atoms with Gasteiger partial charge < -0.3 is 10.6 Å². The molecule has 3 heteroatoms. The van der Waals surface area contributed by atoms with E-state index in [0.29, 0.717) is 0 Å². The van der Waals surface area contributed by atoms with Crippen LogP contribution in [0.2, 0.25) is 0 Å². The molecule has 106 valence electrons. The molecule has 0 aliphatic rings. The molecule has 19 heavy (non-hydrogen) atoms. The van der Waals surface area contributed by atoms with E-state index in [1.54, 1.807) is 0 Å². The van der Waals surface area contributed by atoms with Crippen LogP contribution in [-0.4, -0.2) is 18.5 Å². The van der Waals surface area contributed by atoms with E-state index in [1.807, 2.05) is 32.2 Å². The van der Waals surface area contributed by atoms with Gasteiger partial charge in [0.15, 0.2) is 0 Å². The van der Waals surface area contributed by atoms with Crippen LogP contribution in [-0.2, 0) is 0 Å². The molecule has 0 saturated heterocycles. The van der Waals surface area contributed by atoms with Crippen LogP contribution in [0.4, 0.5) is 5.69 Å². The van der Waals surface area contributed by atoms with Crippen molar-refractivity contribution in [1.82, 2.24) is 5.32 Å². The lowest BCUT2D eigenvalue weighted by atomic mass is 9.89. The first-order valence-corrected chi connectivity index (χ1v) is 7.12. The van der Waals surface area contributed by atoms with Gasteiger partial charge in [0.1, 0.15) is 0 Å². The minimum atomic E-state index is -0.0767. The van der Waals surface area contributed by atoms with E-state index in [-0.39, 0.29) is 11.4 Å². The van der Waals surface area contributed by atoms with Crippen molar-refractivity contribution in [2.75, 3.05) is 12.4 Å². The lowest BCUT2D eigenvalue weighted by Gasteiger charge is -2.31. The Labute approximate surface area is 116 Å². The van der Waals surface area contributed by atoms with Gasteiger partial charge in [-0.05, 0) is 49.9 Å². The molecule has 1 aromatic rings. The Balaban J connectivity index is 2.92. The van der Waals surface area contributed by atoms with Crippen molar-refractivity contribution < 1.29 is 4.79 Å². The fraction of sp³-hybridized carbons (Fsp3) is 0.562. The number of amides is 1. The number of hydrogen-bond donors (Lipinski definition) is 2. The summed E-state index contributed by atoms with van der Waals surface area (Å²) in [7, 11) is 1.89. The maximum atomic E-state index is 12.4. The molecule has 0 saturated carbocycles. The summed E-state index contributed by atoms with van der Waals surface area (Å²) in [5.41, 5.74) is 2.80. The van der Waals surface area contributed by atoms with Crippen LogP contribution < -0.4 is 10.6 Å². The largest absolute Gasteiger partial charge is 0.388 e. The quantitative estimate of drug-likeness (QED) is 0.820. The zero-order valence-electron chi connectivity index (χ0n) is 12.8. The Morgan fingerprint density at radius 3 is 2.16 bits per heavy atom. The molecule has 0 unspecified atom stereocenters. The highest BCUT2D eigenvalue weighted by Crippen LogP contribution is 2.21. The number of hydrogen-bond acceptors (Lipinski definition) is 2. The molecular formula is C16H26N2O. The number of carbonyl (C=O) groups is 1. The fourth-order valence-electron chi connectivity index (χ4n) is 2.41. The Bertz CT molecular complexity index is 428. The molecule has 0 atom stereocenters. The van der Waals surface area contributed by atoms with Crippen LogP contribution in [0.1, 0.15) is 56.0 Å². The zero-order valence-corrected chi connectivity index (χ0v) is 12.8. The molecule has 0 aliphatic heterocycles. The van der Waals surface area contributed by atoms with Crippen molar-refractivity contribution in [3.63, 3.8) is 0 Å². The summed E-state index contributed by atoms with van der Waals surface area (Å²) >= 11 is 0. The predicted molar refractivity (Wildman–Crippen MR) is 81.8 cm³/mol. The van der Waals surface area contributed by atoms with Gasteiger partial charge in [-0.3, -0.25) is 4.79 Å². The fourth-order valence-corrected chi connectivity index (χ4v) is 2.41. The smallest absolute Gasteiger partial charge is 0.251 e. The minimum Gasteiger partial charge on any atom is -0.388 e. The van der Waals surface area contributed by atoms with Crippen molar-refractivity contribution in [3.8, 4) is 0 Å². The average Bonchev–Trinajstić information content (AvgIpc) is 2.44. The first kappa shape index (κ1) is 15.5. The van der Waals surface area contributed by atoms with Crippen LogP contribution in [0.15, 0.2) is 18.2 Å². The lowest BCUT2D eigenvalue weighted by Crippen LogP contribution is -2.47. The van der Waals surface area contributed by atoms with Gasteiger partial charge in [-0.1, -0.05) is 20.8 Å². The van der Waals surface area contributed by atoms with Gasteiger partial charge in [-0.2, -0.15) is 0 Å². The third-order valence-corrected chi connectivity index (χ3v) is 4.17. The molecule has 3 nitrogen and oxygen atoms in total. The molecule has 0 radical (unpaired) electrons. The Hall–Kier alpha value is -1.51. The summed E-state index contributed by atoms with van der Waals surface area (Å²) in [6.45, 7) is 8.39. The normalized spacial score (nSPS) is 11.2. The van der Waals surface area contributed by atoms with Crippen molar-refractivity contribution >= 4 is 11.6 Å². The van der Waals surface area contributed by atoms with E-state index in [0.717, 1.165) is 36.1 Å². The highest BCUT2D eigenvalue weighted by Gasteiger charge is 2.26. The number of benzene rings is 1. The second kappa shape index (κ2) is 6.60. The summed E-state index contributed by atoms with van der Waals surface area (Å²) in [5, 5.41) is 6.31. The summed E-state index contributed by atoms with van der Waals surface area (Å²) < 4.78 is 0. The van der Waals surface area contributed by atoms with Crippen molar-refractivity contribution in [1.29, 1.82) is 0 Å². The van der Waals surface area contributed by atoms with E-state index in [1.165, 1.54) is 0 Å². The number of carbonyl (C=O) groups excluding carboxylic acids is 1. The Morgan fingerprint density at radius 2 is 1.74 bits per heavy atom. The summed E-state index contributed by atoms with van der Waals surface area (Å²) in [6.07, 6.45) is 2.87. The van der Waals surface area contributed by atoms with Crippen LogP contribution in [0.25, 0.3) is 0 Å². The van der Waals surface area contributed by atoms with Crippen LogP contribution in [0.3, 0.4) is 0 Å². The van der Waals surface area contributed by atoms with Gasteiger partial charge in [-0.25, -0.2) is 0 Å². The Kier molecular flexibility index (Phi) is 5.40. The average molecular weight is 262 g/mol. The van der Waals surface area contributed by atoms with E-state index < -0.39 is 0 Å². The summed E-state index contributed by atoms with van der Waals surface area (Å²) in [5.74, 6) is 0.0244. The van der Waals surface area contributed by atoms with Gasteiger partial charge in [0.2, 0.25) is 0 Å². The maximum absolute atomic E-state index is 12.4. The van der Waals surface area contributed by atoms with Crippen LogP contribution in [0.5, 0.6) is 0 Å². The predicted octanol–water partition coefficient (Wildman–Crippen LogP) is 3.74. The number of nitrogens with one attached hydrogen (secondary N) is 2. The summed E-state index contributed by atoms with van der Waals surface area (Å²) in [6, 6.07) is 5.77. The first-order chi connectivity index (χ1) is 9.01. The molecule has 0 fully saturated rings. The van der Waals surface area contributed by atoms with Gasteiger partial charge in [0.25, 0.3) is 5.91 Å². The highest BCUT2D eigenvalue weighted by atomic mass is 16.1. The molecule has 0 aliphatic carbocycles. The van der Waals surface area contributed by atoms with Gasteiger partial charge in [-0.15, -0.1) is 0 Å². The molecular weight excluding hydrogens is 236 g/mol. The standard InChI is InChI=1S/C16H26N2O/c1-6-16(7-2,8-3)18-15(19)13-9-10-14(17-5)12(4)11-13/h9-11,17H,6-8H2,1-5H3,(H,18,19). The van der Waals surface area contributed by atoms with Crippen LogP contribution >= 0.6 is 0 Å². The molecule has 0 aromatic heterocycles. The van der Waals surface area contributed by atoms with E-state index in [9.17, 15) is 4.79 Å². The lowest BCUT2D eigenvalue weighted by molar-refractivity contribution is 0.0888. The van der Waals surface area contributed by atoms with Crippen molar-refractivity contribution in [3.05, 3.63) is 29.3 Å². The molecule has 2 N–H and O–H groups in total. The third-order valence-electron chi connectivity index (χ3n) is 4.17. The van der Waals surface area contributed by atoms with Gasteiger partial charge >= 0.3 is 0 Å². The Morgan fingerprint density at radius 1 is 1.16 bits per heavy atom. The number of rotatable bonds is 6. The van der Waals surface area contributed by atoms with Crippen molar-refractivity contribution in [2.24, 2.45) is 0 Å². The summed E-state index contributed by atoms with van der Waals surface area (Å²) in [4.78, 5) is 12.4. The molecule has 1 aromatic carbocycles. The van der Waals surface area contributed by atoms with Gasteiger partial charge in [0.05, 0.1) is 0 Å². The van der Waals surface area contributed by atoms with Crippen molar-refractivity contribution in [2.45, 2.75) is 52.5 Å². The molecule has 0 spiro atoms. The monoisotopic (exact) mass is 262 g/mol. The van der Waals surface area contributed by atoms with E-state index in [2.05, 4.69) is 31.4 Å². The molecule has 0 heterocycles. The third kappa shape index (κ3) is 3.49. The molecule has 0 bridgehead atoms. The van der Waals surface area contributed by atoms with Gasteiger partial charge in [0, 0.05) is 23.8 Å². The highest BCUT2D eigenvalue weighted by molar-refractivity contribution is 5.95. The second-order valence-electron chi connectivity index (χ2n) is 5.07.